The van der Waals surface area contributed by atoms with Crippen LogP contribution in [0.2, 0.25) is 0 Å². The van der Waals surface area contributed by atoms with Crippen molar-refractivity contribution >= 4 is 12.4 Å². The first-order chi connectivity index (χ1) is 5.11. The SMILES string of the molecule is COC(=O)NC(C=O)C(C)C. The number of carbonyl (C=O) groups excluding carboxylic acids is 2. The standard InChI is InChI=1S/C7H13NO3/c1-5(2)6(4-9)8-7(10)11-3/h4-6H,1-3H3,(H,8,10). The highest BCUT2D eigenvalue weighted by Gasteiger charge is 2.14. The quantitative estimate of drug-likeness (QED) is 0.612. The van der Waals surface area contributed by atoms with Crippen molar-refractivity contribution in [3.63, 3.8) is 0 Å². The van der Waals surface area contributed by atoms with Crippen molar-refractivity contribution < 1.29 is 14.3 Å². The van der Waals surface area contributed by atoms with Crippen LogP contribution in [0, 0.1) is 5.92 Å². The van der Waals surface area contributed by atoms with Gasteiger partial charge in [-0.15, -0.1) is 0 Å². The molecule has 0 rings (SSSR count). The van der Waals surface area contributed by atoms with Gasteiger partial charge >= 0.3 is 6.09 Å². The summed E-state index contributed by atoms with van der Waals surface area (Å²) in [6.07, 6.45) is 0.123. The van der Waals surface area contributed by atoms with Crippen LogP contribution in [-0.4, -0.2) is 25.5 Å². The van der Waals surface area contributed by atoms with Gasteiger partial charge < -0.3 is 14.8 Å². The Hall–Kier alpha value is -1.06. The van der Waals surface area contributed by atoms with Crippen LogP contribution in [0.15, 0.2) is 0 Å². The lowest BCUT2D eigenvalue weighted by atomic mass is 10.1. The van der Waals surface area contributed by atoms with Crippen LogP contribution < -0.4 is 5.32 Å². The lowest BCUT2D eigenvalue weighted by molar-refractivity contribution is -0.110. The van der Waals surface area contributed by atoms with Gasteiger partial charge in [-0.3, -0.25) is 0 Å². The number of rotatable bonds is 3. The first kappa shape index (κ1) is 9.94. The largest absolute Gasteiger partial charge is 0.453 e. The average molecular weight is 159 g/mol. The molecule has 0 radical (unpaired) electrons. The molecule has 11 heavy (non-hydrogen) atoms. The van der Waals surface area contributed by atoms with Crippen LogP contribution in [0.5, 0.6) is 0 Å². The van der Waals surface area contributed by atoms with Gasteiger partial charge in [0.15, 0.2) is 0 Å². The van der Waals surface area contributed by atoms with Gasteiger partial charge in [0.1, 0.15) is 6.29 Å². The van der Waals surface area contributed by atoms with Crippen molar-refractivity contribution in [3.05, 3.63) is 0 Å². The third-order valence-corrected chi connectivity index (χ3v) is 1.33. The lowest BCUT2D eigenvalue weighted by Crippen LogP contribution is -2.39. The minimum absolute atomic E-state index is 0.0894. The van der Waals surface area contributed by atoms with Crippen LogP contribution in [0.1, 0.15) is 13.8 Å². The molecule has 0 aliphatic rings. The lowest BCUT2D eigenvalue weighted by Gasteiger charge is -2.14. The minimum atomic E-state index is -0.573. The third kappa shape index (κ3) is 3.60. The molecule has 0 saturated carbocycles. The molecule has 0 aliphatic heterocycles. The van der Waals surface area contributed by atoms with Crippen molar-refractivity contribution in [1.82, 2.24) is 5.32 Å². The van der Waals surface area contributed by atoms with E-state index in [0.29, 0.717) is 6.29 Å². The second-order valence-corrected chi connectivity index (χ2v) is 2.54. The van der Waals surface area contributed by atoms with Crippen molar-refractivity contribution in [1.29, 1.82) is 0 Å². The summed E-state index contributed by atoms with van der Waals surface area (Å²) < 4.78 is 4.32. The minimum Gasteiger partial charge on any atom is -0.453 e. The number of hydrogen-bond acceptors (Lipinski definition) is 3. The van der Waals surface area contributed by atoms with Crippen LogP contribution in [-0.2, 0) is 9.53 Å². The average Bonchev–Trinajstić information content (AvgIpc) is 1.99. The van der Waals surface area contributed by atoms with Crippen LogP contribution in [0.3, 0.4) is 0 Å². The third-order valence-electron chi connectivity index (χ3n) is 1.33. The zero-order valence-electron chi connectivity index (χ0n) is 6.96. The molecule has 1 amide bonds. The first-order valence-electron chi connectivity index (χ1n) is 3.41. The molecule has 0 fully saturated rings. The Morgan fingerprint density at radius 2 is 2.09 bits per heavy atom. The highest BCUT2D eigenvalue weighted by atomic mass is 16.5. The summed E-state index contributed by atoms with van der Waals surface area (Å²) in [6.45, 7) is 3.68. The molecule has 0 heterocycles. The van der Waals surface area contributed by atoms with Crippen molar-refractivity contribution in [3.8, 4) is 0 Å². The van der Waals surface area contributed by atoms with Crippen LogP contribution in [0.4, 0.5) is 4.79 Å². The molecular weight excluding hydrogens is 146 g/mol. The van der Waals surface area contributed by atoms with Crippen molar-refractivity contribution in [2.45, 2.75) is 19.9 Å². The van der Waals surface area contributed by atoms with E-state index in [0.717, 1.165) is 0 Å². The van der Waals surface area contributed by atoms with Gasteiger partial charge in [0, 0.05) is 0 Å². The fourth-order valence-corrected chi connectivity index (χ4v) is 0.553. The van der Waals surface area contributed by atoms with Gasteiger partial charge in [-0.25, -0.2) is 4.79 Å². The molecule has 1 atom stereocenters. The predicted octanol–water partition coefficient (Wildman–Crippen LogP) is 0.566. The monoisotopic (exact) mass is 159 g/mol. The first-order valence-corrected chi connectivity index (χ1v) is 3.41. The molecule has 0 spiro atoms. The molecule has 1 N–H and O–H groups in total. The Morgan fingerprint density at radius 3 is 2.36 bits per heavy atom. The number of alkyl carbamates (subject to hydrolysis) is 1. The van der Waals surface area contributed by atoms with Gasteiger partial charge in [0.25, 0.3) is 0 Å². The van der Waals surface area contributed by atoms with E-state index in [1.807, 2.05) is 13.8 Å². The Bertz CT molecular complexity index is 145. The van der Waals surface area contributed by atoms with E-state index in [9.17, 15) is 9.59 Å². The Morgan fingerprint density at radius 1 is 1.55 bits per heavy atom. The molecule has 0 aromatic rings. The normalized spacial score (nSPS) is 12.4. The zero-order valence-corrected chi connectivity index (χ0v) is 6.96. The van der Waals surface area contributed by atoms with Gasteiger partial charge in [-0.05, 0) is 5.92 Å². The Balaban J connectivity index is 3.87. The number of amides is 1. The van der Waals surface area contributed by atoms with Crippen molar-refractivity contribution in [2.75, 3.05) is 7.11 Å². The van der Waals surface area contributed by atoms with E-state index < -0.39 is 12.1 Å². The summed E-state index contributed by atoms with van der Waals surface area (Å²) in [4.78, 5) is 20.9. The van der Waals surface area contributed by atoms with Gasteiger partial charge in [-0.1, -0.05) is 13.8 Å². The molecule has 4 nitrogen and oxygen atoms in total. The fourth-order valence-electron chi connectivity index (χ4n) is 0.553. The molecular formula is C7H13NO3. The summed E-state index contributed by atoms with van der Waals surface area (Å²) in [5.74, 6) is 0.0894. The van der Waals surface area contributed by atoms with E-state index in [1.54, 1.807) is 0 Å². The van der Waals surface area contributed by atoms with E-state index in [4.69, 9.17) is 0 Å². The van der Waals surface area contributed by atoms with E-state index in [2.05, 4.69) is 10.1 Å². The maximum absolute atomic E-state index is 10.6. The zero-order chi connectivity index (χ0) is 8.85. The summed E-state index contributed by atoms with van der Waals surface area (Å²) in [7, 11) is 1.26. The maximum atomic E-state index is 10.6. The molecule has 0 aromatic carbocycles. The van der Waals surface area contributed by atoms with Crippen LogP contribution in [0.25, 0.3) is 0 Å². The highest BCUT2D eigenvalue weighted by Crippen LogP contribution is 1.97. The molecule has 0 aliphatic carbocycles. The molecule has 0 saturated heterocycles. The van der Waals surface area contributed by atoms with E-state index in [1.165, 1.54) is 7.11 Å². The van der Waals surface area contributed by atoms with E-state index in [-0.39, 0.29) is 5.92 Å². The number of methoxy groups -OCH3 is 1. The number of carbonyl (C=O) groups is 2. The summed E-state index contributed by atoms with van der Waals surface area (Å²) in [5, 5.41) is 2.39. The Labute approximate surface area is 65.9 Å². The van der Waals surface area contributed by atoms with Crippen molar-refractivity contribution in [2.24, 2.45) is 5.92 Å². The molecule has 0 aromatic heterocycles. The van der Waals surface area contributed by atoms with Crippen LogP contribution >= 0.6 is 0 Å². The smallest absolute Gasteiger partial charge is 0.407 e. The van der Waals surface area contributed by atoms with Gasteiger partial charge in [0.2, 0.25) is 0 Å². The topological polar surface area (TPSA) is 55.4 Å². The second-order valence-electron chi connectivity index (χ2n) is 2.54. The number of nitrogens with one attached hydrogen (secondary N) is 1. The summed E-state index contributed by atoms with van der Waals surface area (Å²) in [5.41, 5.74) is 0. The molecule has 1 unspecified atom stereocenters. The molecule has 64 valence electrons. The maximum Gasteiger partial charge on any atom is 0.407 e. The molecule has 0 bridgehead atoms. The number of ether oxygens (including phenoxy) is 1. The van der Waals surface area contributed by atoms with Gasteiger partial charge in [-0.2, -0.15) is 0 Å². The van der Waals surface area contributed by atoms with E-state index >= 15 is 0 Å². The number of aldehydes is 1. The number of hydrogen-bond donors (Lipinski definition) is 1. The summed E-state index contributed by atoms with van der Waals surface area (Å²) in [6, 6.07) is -0.456. The molecule has 4 heteroatoms. The Kier molecular flexibility index (Phi) is 4.26. The second kappa shape index (κ2) is 4.71. The summed E-state index contributed by atoms with van der Waals surface area (Å²) >= 11 is 0. The predicted molar refractivity (Wildman–Crippen MR) is 40.2 cm³/mol. The highest BCUT2D eigenvalue weighted by molar-refractivity contribution is 5.73. The fraction of sp³-hybridized carbons (Fsp3) is 0.714. The van der Waals surface area contributed by atoms with Gasteiger partial charge in [0.05, 0.1) is 13.2 Å².